The lowest BCUT2D eigenvalue weighted by Crippen LogP contribution is -2.30. The maximum absolute atomic E-state index is 11.5. The first kappa shape index (κ1) is 17.7. The Morgan fingerprint density at radius 3 is 2.79 bits per heavy atom. The highest BCUT2D eigenvalue weighted by atomic mass is 16.6. The first-order valence-corrected chi connectivity index (χ1v) is 7.46. The summed E-state index contributed by atoms with van der Waals surface area (Å²) < 4.78 is 15.1. The van der Waals surface area contributed by atoms with E-state index in [9.17, 15) is 14.4 Å². The van der Waals surface area contributed by atoms with Gasteiger partial charge >= 0.3 is 17.9 Å². The van der Waals surface area contributed by atoms with E-state index in [-0.39, 0.29) is 18.9 Å². The van der Waals surface area contributed by atoms with Gasteiger partial charge in [-0.05, 0) is 12.8 Å². The monoisotopic (exact) mass is 337 g/mol. The fourth-order valence-electron chi connectivity index (χ4n) is 2.35. The Morgan fingerprint density at radius 2 is 2.08 bits per heavy atom. The molecule has 8 nitrogen and oxygen atoms in total. The van der Waals surface area contributed by atoms with Crippen molar-refractivity contribution in [1.29, 1.82) is 0 Å². The summed E-state index contributed by atoms with van der Waals surface area (Å²) in [4.78, 5) is 35.1. The Labute approximate surface area is 139 Å². The molecule has 2 atom stereocenters. The van der Waals surface area contributed by atoms with Gasteiger partial charge in [0.25, 0.3) is 0 Å². The van der Waals surface area contributed by atoms with Gasteiger partial charge in [0.2, 0.25) is 0 Å². The molecular weight excluding hydrogens is 318 g/mol. The summed E-state index contributed by atoms with van der Waals surface area (Å²) in [6.07, 6.45) is 8.26. The lowest BCUT2D eigenvalue weighted by molar-refractivity contribution is -0.143. The maximum Gasteiger partial charge on any atom is 0.333 e. The molecule has 8 heteroatoms. The van der Waals surface area contributed by atoms with Gasteiger partial charge in [0.05, 0.1) is 18.8 Å². The molecule has 1 saturated heterocycles. The normalized spacial score (nSPS) is 23.2. The number of carbonyl (C=O) groups is 3. The number of carboxylic acids is 1. The SMILES string of the molecule is COC(=O)/C=C/C(=O)OCC1CCC(N2C=CCC(C(=O)O)=C2)O1. The Bertz CT molecular complexity index is 593. The van der Waals surface area contributed by atoms with Gasteiger partial charge < -0.3 is 24.2 Å². The highest BCUT2D eigenvalue weighted by Gasteiger charge is 2.30. The summed E-state index contributed by atoms with van der Waals surface area (Å²) in [5, 5.41) is 9.04. The molecule has 0 aliphatic carbocycles. The van der Waals surface area contributed by atoms with E-state index in [1.807, 2.05) is 0 Å². The number of esters is 2. The molecule has 0 aromatic heterocycles. The van der Waals surface area contributed by atoms with Crippen molar-refractivity contribution in [1.82, 2.24) is 4.90 Å². The molecule has 0 aromatic rings. The van der Waals surface area contributed by atoms with Gasteiger partial charge in [0.15, 0.2) is 0 Å². The van der Waals surface area contributed by atoms with Gasteiger partial charge in [0.1, 0.15) is 12.8 Å². The van der Waals surface area contributed by atoms with E-state index in [1.165, 1.54) is 7.11 Å². The molecule has 0 radical (unpaired) electrons. The topological polar surface area (TPSA) is 102 Å². The van der Waals surface area contributed by atoms with E-state index in [2.05, 4.69) is 4.74 Å². The molecule has 2 aliphatic rings. The lowest BCUT2D eigenvalue weighted by atomic mass is 10.1. The number of rotatable bonds is 6. The molecule has 1 fully saturated rings. The molecule has 0 amide bonds. The Kier molecular flexibility index (Phi) is 6.14. The second-order valence-electron chi connectivity index (χ2n) is 5.27. The summed E-state index contributed by atoms with van der Waals surface area (Å²) >= 11 is 0. The van der Waals surface area contributed by atoms with Crippen molar-refractivity contribution in [2.45, 2.75) is 31.6 Å². The lowest BCUT2D eigenvalue weighted by Gasteiger charge is -2.26. The number of carboxylic acid groups (broad SMARTS) is 1. The molecule has 0 saturated carbocycles. The molecule has 2 heterocycles. The first-order valence-electron chi connectivity index (χ1n) is 7.46. The third-order valence-corrected chi connectivity index (χ3v) is 3.58. The van der Waals surface area contributed by atoms with Gasteiger partial charge in [0, 0.05) is 31.0 Å². The molecule has 24 heavy (non-hydrogen) atoms. The van der Waals surface area contributed by atoms with Gasteiger partial charge in [-0.3, -0.25) is 0 Å². The summed E-state index contributed by atoms with van der Waals surface area (Å²) in [7, 11) is 1.21. The minimum atomic E-state index is -0.953. The van der Waals surface area contributed by atoms with Crippen molar-refractivity contribution in [3.05, 3.63) is 36.2 Å². The zero-order chi connectivity index (χ0) is 17.5. The quantitative estimate of drug-likeness (QED) is 0.564. The van der Waals surface area contributed by atoms with Crippen LogP contribution in [0.15, 0.2) is 36.2 Å². The largest absolute Gasteiger partial charge is 0.478 e. The molecule has 0 bridgehead atoms. The van der Waals surface area contributed by atoms with Crippen molar-refractivity contribution >= 4 is 17.9 Å². The average Bonchev–Trinajstić information content (AvgIpc) is 3.07. The number of nitrogens with zero attached hydrogens (tertiary/aromatic N) is 1. The van der Waals surface area contributed by atoms with Gasteiger partial charge in [-0.2, -0.15) is 0 Å². The number of carbonyl (C=O) groups excluding carboxylic acids is 2. The van der Waals surface area contributed by atoms with Crippen molar-refractivity contribution < 1.29 is 33.7 Å². The van der Waals surface area contributed by atoms with E-state index in [4.69, 9.17) is 14.6 Å². The molecular formula is C16H19NO7. The summed E-state index contributed by atoms with van der Waals surface area (Å²) in [5.41, 5.74) is 0.295. The van der Waals surface area contributed by atoms with Crippen LogP contribution in [0.25, 0.3) is 0 Å². The average molecular weight is 337 g/mol. The molecule has 0 spiro atoms. The smallest absolute Gasteiger partial charge is 0.333 e. The molecule has 130 valence electrons. The van der Waals surface area contributed by atoms with Crippen LogP contribution in [-0.4, -0.2) is 54.0 Å². The van der Waals surface area contributed by atoms with Crippen LogP contribution in [0.1, 0.15) is 19.3 Å². The molecule has 1 N–H and O–H groups in total. The Balaban J connectivity index is 1.79. The van der Waals surface area contributed by atoms with Gasteiger partial charge in [-0.15, -0.1) is 0 Å². The highest BCUT2D eigenvalue weighted by Crippen LogP contribution is 2.26. The predicted molar refractivity (Wildman–Crippen MR) is 81.3 cm³/mol. The Morgan fingerprint density at radius 1 is 1.33 bits per heavy atom. The Hall–Kier alpha value is -2.61. The maximum atomic E-state index is 11.5. The van der Waals surface area contributed by atoms with E-state index >= 15 is 0 Å². The van der Waals surface area contributed by atoms with Crippen molar-refractivity contribution in [3.63, 3.8) is 0 Å². The zero-order valence-corrected chi connectivity index (χ0v) is 13.2. The number of allylic oxidation sites excluding steroid dienone is 1. The van der Waals surface area contributed by atoms with Crippen LogP contribution in [-0.2, 0) is 28.6 Å². The summed E-state index contributed by atoms with van der Waals surface area (Å²) in [5.74, 6) is -2.24. The van der Waals surface area contributed by atoms with Crippen LogP contribution in [0.4, 0.5) is 0 Å². The number of ether oxygens (including phenoxy) is 3. The van der Waals surface area contributed by atoms with Crippen molar-refractivity contribution in [2.24, 2.45) is 0 Å². The molecule has 2 aliphatic heterocycles. The highest BCUT2D eigenvalue weighted by molar-refractivity contribution is 5.91. The van der Waals surface area contributed by atoms with E-state index in [0.717, 1.165) is 12.2 Å². The summed E-state index contributed by atoms with van der Waals surface area (Å²) in [6.45, 7) is 0.0634. The van der Waals surface area contributed by atoms with Crippen LogP contribution < -0.4 is 0 Å². The third-order valence-electron chi connectivity index (χ3n) is 3.58. The minimum absolute atomic E-state index is 0.0634. The molecule has 0 aromatic carbocycles. The van der Waals surface area contributed by atoms with Crippen LogP contribution in [0, 0.1) is 0 Å². The minimum Gasteiger partial charge on any atom is -0.478 e. The van der Waals surface area contributed by atoms with E-state index in [1.54, 1.807) is 23.4 Å². The number of hydrogen-bond donors (Lipinski definition) is 1. The van der Waals surface area contributed by atoms with Crippen LogP contribution in [0.3, 0.4) is 0 Å². The van der Waals surface area contributed by atoms with E-state index < -0.39 is 17.9 Å². The zero-order valence-electron chi connectivity index (χ0n) is 13.2. The third kappa shape index (κ3) is 4.95. The van der Waals surface area contributed by atoms with Crippen LogP contribution >= 0.6 is 0 Å². The fourth-order valence-corrected chi connectivity index (χ4v) is 2.35. The molecule has 2 rings (SSSR count). The second-order valence-corrected chi connectivity index (χ2v) is 5.27. The fraction of sp³-hybridized carbons (Fsp3) is 0.438. The molecule has 2 unspecified atom stereocenters. The summed E-state index contributed by atoms with van der Waals surface area (Å²) in [6, 6.07) is 0. The number of methoxy groups -OCH3 is 1. The number of aliphatic carboxylic acids is 1. The predicted octanol–water partition coefficient (Wildman–Crippen LogP) is 0.952. The van der Waals surface area contributed by atoms with Gasteiger partial charge in [-0.25, -0.2) is 14.4 Å². The van der Waals surface area contributed by atoms with Crippen molar-refractivity contribution in [3.8, 4) is 0 Å². The first-order chi connectivity index (χ1) is 11.5. The van der Waals surface area contributed by atoms with Gasteiger partial charge in [-0.1, -0.05) is 6.08 Å². The van der Waals surface area contributed by atoms with Crippen molar-refractivity contribution in [2.75, 3.05) is 13.7 Å². The van der Waals surface area contributed by atoms with E-state index in [0.29, 0.717) is 24.8 Å². The second kappa shape index (κ2) is 8.30. The van der Waals surface area contributed by atoms with Crippen LogP contribution in [0.5, 0.6) is 0 Å². The number of hydrogen-bond acceptors (Lipinski definition) is 7. The standard InChI is InChI=1S/C16H19NO7/c1-22-14(18)6-7-15(19)23-10-12-4-5-13(24-12)17-8-2-3-11(9-17)16(20)21/h2,6-9,12-13H,3-5,10H2,1H3,(H,20,21)/b7-6+. The van der Waals surface area contributed by atoms with Crippen LogP contribution in [0.2, 0.25) is 0 Å².